The van der Waals surface area contributed by atoms with Crippen molar-refractivity contribution in [1.82, 2.24) is 4.98 Å². The first-order chi connectivity index (χ1) is 13.0. The number of pyridine rings is 1. The first-order valence-electron chi connectivity index (χ1n) is 8.17. The van der Waals surface area contributed by atoms with Crippen LogP contribution >= 0.6 is 11.6 Å². The standard InChI is InChI=1S/C20H17ClN4O2/c1-13(26)23-16-3-2-4-17(11-16)24-19-10-9-18(12-22-19)25-20(27)14-5-7-15(21)8-6-14/h2-12H,1H3,(H,22,24)(H,23,26)(H,25,27). The van der Waals surface area contributed by atoms with Gasteiger partial charge in [-0.1, -0.05) is 17.7 Å². The number of halogens is 1. The maximum absolute atomic E-state index is 12.2. The number of nitrogens with zero attached hydrogens (tertiary/aromatic N) is 1. The van der Waals surface area contributed by atoms with E-state index in [9.17, 15) is 9.59 Å². The van der Waals surface area contributed by atoms with Gasteiger partial charge in [0.05, 0.1) is 11.9 Å². The van der Waals surface area contributed by atoms with Crippen molar-refractivity contribution >= 4 is 46.3 Å². The zero-order valence-electron chi connectivity index (χ0n) is 14.5. The lowest BCUT2D eigenvalue weighted by Gasteiger charge is -2.09. The fraction of sp³-hybridized carbons (Fsp3) is 0.0500. The minimum Gasteiger partial charge on any atom is -0.340 e. The Kier molecular flexibility index (Phi) is 5.68. The molecule has 0 spiro atoms. The molecule has 0 fully saturated rings. The number of benzene rings is 2. The molecule has 1 heterocycles. The Hall–Kier alpha value is -3.38. The van der Waals surface area contributed by atoms with E-state index < -0.39 is 0 Å². The van der Waals surface area contributed by atoms with Gasteiger partial charge in [-0.2, -0.15) is 0 Å². The summed E-state index contributed by atoms with van der Waals surface area (Å²) in [5.74, 6) is 0.239. The molecule has 0 aliphatic rings. The normalized spacial score (nSPS) is 10.1. The van der Waals surface area contributed by atoms with Gasteiger partial charge >= 0.3 is 0 Å². The SMILES string of the molecule is CC(=O)Nc1cccc(Nc2ccc(NC(=O)c3ccc(Cl)cc3)cn2)c1. The lowest BCUT2D eigenvalue weighted by molar-refractivity contribution is -0.114. The lowest BCUT2D eigenvalue weighted by atomic mass is 10.2. The zero-order valence-corrected chi connectivity index (χ0v) is 15.2. The fourth-order valence-corrected chi connectivity index (χ4v) is 2.50. The highest BCUT2D eigenvalue weighted by Crippen LogP contribution is 2.20. The molecule has 2 amide bonds. The van der Waals surface area contributed by atoms with E-state index in [1.165, 1.54) is 6.92 Å². The summed E-state index contributed by atoms with van der Waals surface area (Å²) in [6, 6.07) is 17.4. The van der Waals surface area contributed by atoms with Crippen molar-refractivity contribution < 1.29 is 9.59 Å². The topological polar surface area (TPSA) is 83.1 Å². The van der Waals surface area contributed by atoms with Gasteiger partial charge in [0, 0.05) is 28.9 Å². The van der Waals surface area contributed by atoms with Gasteiger partial charge in [0.1, 0.15) is 5.82 Å². The first kappa shape index (κ1) is 18.4. The molecule has 3 aromatic rings. The number of anilines is 4. The van der Waals surface area contributed by atoms with Crippen molar-refractivity contribution in [3.8, 4) is 0 Å². The highest BCUT2D eigenvalue weighted by Gasteiger charge is 2.06. The predicted octanol–water partition coefficient (Wildman–Crippen LogP) is 4.69. The summed E-state index contributed by atoms with van der Waals surface area (Å²) in [4.78, 5) is 27.6. The second-order valence-electron chi connectivity index (χ2n) is 5.78. The molecule has 7 heteroatoms. The van der Waals surface area contributed by atoms with Crippen LogP contribution in [0.4, 0.5) is 22.9 Å². The lowest BCUT2D eigenvalue weighted by Crippen LogP contribution is -2.11. The number of carbonyl (C=O) groups is 2. The van der Waals surface area contributed by atoms with Gasteiger partial charge < -0.3 is 16.0 Å². The second kappa shape index (κ2) is 8.33. The zero-order chi connectivity index (χ0) is 19.2. The average molecular weight is 381 g/mol. The number of nitrogens with one attached hydrogen (secondary N) is 3. The molecule has 0 bridgehead atoms. The number of hydrogen-bond donors (Lipinski definition) is 3. The molecule has 3 rings (SSSR count). The van der Waals surface area contributed by atoms with E-state index in [-0.39, 0.29) is 11.8 Å². The van der Waals surface area contributed by atoms with Gasteiger partial charge in [0.2, 0.25) is 5.91 Å². The Bertz CT molecular complexity index is 956. The summed E-state index contributed by atoms with van der Waals surface area (Å²) < 4.78 is 0. The van der Waals surface area contributed by atoms with Gasteiger partial charge in [-0.05, 0) is 54.6 Å². The Morgan fingerprint density at radius 3 is 2.30 bits per heavy atom. The van der Waals surface area contributed by atoms with Gasteiger partial charge in [-0.25, -0.2) is 4.98 Å². The summed E-state index contributed by atoms with van der Waals surface area (Å²) in [7, 11) is 0. The van der Waals surface area contributed by atoms with E-state index >= 15 is 0 Å². The van der Waals surface area contributed by atoms with E-state index in [0.717, 1.165) is 5.69 Å². The molecule has 0 aliphatic heterocycles. The molecular weight excluding hydrogens is 364 g/mol. The Balaban J connectivity index is 1.64. The second-order valence-corrected chi connectivity index (χ2v) is 6.22. The predicted molar refractivity (Wildman–Crippen MR) is 108 cm³/mol. The molecule has 1 aromatic heterocycles. The van der Waals surface area contributed by atoms with Crippen molar-refractivity contribution in [2.75, 3.05) is 16.0 Å². The third-order valence-corrected chi connectivity index (χ3v) is 3.84. The molecule has 3 N–H and O–H groups in total. The molecule has 136 valence electrons. The first-order valence-corrected chi connectivity index (χ1v) is 8.55. The van der Waals surface area contributed by atoms with Gasteiger partial charge in [-0.3, -0.25) is 9.59 Å². The maximum Gasteiger partial charge on any atom is 0.255 e. The summed E-state index contributed by atoms with van der Waals surface area (Å²) in [6.45, 7) is 1.46. The van der Waals surface area contributed by atoms with Gasteiger partial charge in [0.15, 0.2) is 0 Å². The van der Waals surface area contributed by atoms with Crippen LogP contribution in [0, 0.1) is 0 Å². The molecule has 27 heavy (non-hydrogen) atoms. The van der Waals surface area contributed by atoms with Crippen molar-refractivity contribution in [3.63, 3.8) is 0 Å². The van der Waals surface area contributed by atoms with Crippen LogP contribution in [0.15, 0.2) is 66.9 Å². The number of hydrogen-bond acceptors (Lipinski definition) is 4. The van der Waals surface area contributed by atoms with E-state index in [4.69, 9.17) is 11.6 Å². The van der Waals surface area contributed by atoms with Crippen LogP contribution in [-0.2, 0) is 4.79 Å². The number of aromatic nitrogens is 1. The fourth-order valence-electron chi connectivity index (χ4n) is 2.37. The van der Waals surface area contributed by atoms with Crippen LogP contribution in [-0.4, -0.2) is 16.8 Å². The molecule has 0 unspecified atom stereocenters. The molecule has 0 atom stereocenters. The molecule has 0 radical (unpaired) electrons. The number of carbonyl (C=O) groups excluding carboxylic acids is 2. The van der Waals surface area contributed by atoms with Crippen LogP contribution < -0.4 is 16.0 Å². The van der Waals surface area contributed by atoms with E-state index in [2.05, 4.69) is 20.9 Å². The minimum atomic E-state index is -0.239. The van der Waals surface area contributed by atoms with Crippen molar-refractivity contribution in [1.29, 1.82) is 0 Å². The Labute approximate surface area is 161 Å². The minimum absolute atomic E-state index is 0.133. The quantitative estimate of drug-likeness (QED) is 0.599. The largest absolute Gasteiger partial charge is 0.340 e. The molecule has 6 nitrogen and oxygen atoms in total. The Morgan fingerprint density at radius 1 is 0.889 bits per heavy atom. The van der Waals surface area contributed by atoms with Crippen LogP contribution in [0.2, 0.25) is 5.02 Å². The number of rotatable bonds is 5. The van der Waals surface area contributed by atoms with E-state index in [1.54, 1.807) is 54.7 Å². The third kappa shape index (κ3) is 5.29. The highest BCUT2D eigenvalue weighted by molar-refractivity contribution is 6.30. The smallest absolute Gasteiger partial charge is 0.255 e. The van der Waals surface area contributed by atoms with Crippen molar-refractivity contribution in [3.05, 3.63) is 77.4 Å². The highest BCUT2D eigenvalue weighted by atomic mass is 35.5. The van der Waals surface area contributed by atoms with Gasteiger partial charge in [0.25, 0.3) is 5.91 Å². The summed E-state index contributed by atoms with van der Waals surface area (Å²) in [5.41, 5.74) is 2.56. The van der Waals surface area contributed by atoms with E-state index in [1.807, 2.05) is 12.1 Å². The maximum atomic E-state index is 12.2. The van der Waals surface area contributed by atoms with Crippen molar-refractivity contribution in [2.24, 2.45) is 0 Å². The molecule has 0 saturated heterocycles. The van der Waals surface area contributed by atoms with E-state index in [0.29, 0.717) is 27.8 Å². The Morgan fingerprint density at radius 2 is 1.63 bits per heavy atom. The monoisotopic (exact) mass is 380 g/mol. The van der Waals surface area contributed by atoms with Gasteiger partial charge in [-0.15, -0.1) is 0 Å². The van der Waals surface area contributed by atoms with Crippen molar-refractivity contribution in [2.45, 2.75) is 6.92 Å². The van der Waals surface area contributed by atoms with Crippen LogP contribution in [0.1, 0.15) is 17.3 Å². The number of amides is 2. The van der Waals surface area contributed by atoms with Crippen LogP contribution in [0.25, 0.3) is 0 Å². The molecule has 0 aliphatic carbocycles. The molecular formula is C20H17ClN4O2. The van der Waals surface area contributed by atoms with Crippen LogP contribution in [0.3, 0.4) is 0 Å². The summed E-state index contributed by atoms with van der Waals surface area (Å²) in [6.07, 6.45) is 1.56. The molecule has 2 aromatic carbocycles. The molecule has 0 saturated carbocycles. The third-order valence-electron chi connectivity index (χ3n) is 3.58. The average Bonchev–Trinajstić information content (AvgIpc) is 2.63. The summed E-state index contributed by atoms with van der Waals surface area (Å²) >= 11 is 5.83. The summed E-state index contributed by atoms with van der Waals surface area (Å²) in [5, 5.41) is 9.23. The van der Waals surface area contributed by atoms with Crippen LogP contribution in [0.5, 0.6) is 0 Å².